The van der Waals surface area contributed by atoms with E-state index >= 15 is 0 Å². The lowest BCUT2D eigenvalue weighted by atomic mass is 10.2. The first-order chi connectivity index (χ1) is 15.8. The SMILES string of the molecule is CNC(=O)c1ccsc1Nc1nc(Nc2ccc(N3CCOCC3)cc2)ncc1C(F)(F)F. The second kappa shape index (κ2) is 9.63. The number of morpholine rings is 1. The third kappa shape index (κ3) is 5.34. The van der Waals surface area contributed by atoms with E-state index in [-0.39, 0.29) is 16.5 Å². The molecule has 3 aromatic rings. The molecule has 174 valence electrons. The molecule has 0 saturated carbocycles. The topological polar surface area (TPSA) is 91.4 Å². The average molecular weight is 479 g/mol. The van der Waals surface area contributed by atoms with Crippen LogP contribution in [0.4, 0.5) is 41.3 Å². The van der Waals surface area contributed by atoms with E-state index in [9.17, 15) is 18.0 Å². The zero-order valence-corrected chi connectivity index (χ0v) is 18.4. The summed E-state index contributed by atoms with van der Waals surface area (Å²) in [5, 5.41) is 9.90. The zero-order valence-electron chi connectivity index (χ0n) is 17.6. The first-order valence-electron chi connectivity index (χ1n) is 10.1. The molecule has 1 fully saturated rings. The van der Waals surface area contributed by atoms with Crippen molar-refractivity contribution in [3.05, 3.63) is 53.0 Å². The lowest BCUT2D eigenvalue weighted by molar-refractivity contribution is -0.137. The van der Waals surface area contributed by atoms with Crippen LogP contribution < -0.4 is 20.9 Å². The second-order valence-electron chi connectivity index (χ2n) is 7.09. The highest BCUT2D eigenvalue weighted by Crippen LogP contribution is 2.37. The minimum atomic E-state index is -4.68. The number of benzene rings is 1. The molecule has 3 heterocycles. The Morgan fingerprint density at radius 2 is 1.85 bits per heavy atom. The number of aromatic nitrogens is 2. The number of rotatable bonds is 6. The Labute approximate surface area is 191 Å². The van der Waals surface area contributed by atoms with Gasteiger partial charge in [-0.1, -0.05) is 0 Å². The molecule has 0 radical (unpaired) electrons. The summed E-state index contributed by atoms with van der Waals surface area (Å²) in [5.74, 6) is -0.875. The molecule has 1 aliphatic heterocycles. The van der Waals surface area contributed by atoms with E-state index in [1.54, 1.807) is 5.38 Å². The van der Waals surface area contributed by atoms with Crippen molar-refractivity contribution in [3.63, 3.8) is 0 Å². The Balaban J connectivity index is 1.57. The van der Waals surface area contributed by atoms with Crippen LogP contribution in [0.25, 0.3) is 0 Å². The number of carbonyl (C=O) groups excluding carboxylic acids is 1. The Morgan fingerprint density at radius 1 is 1.12 bits per heavy atom. The van der Waals surface area contributed by atoms with E-state index in [1.165, 1.54) is 13.1 Å². The van der Waals surface area contributed by atoms with E-state index in [0.29, 0.717) is 25.1 Å². The summed E-state index contributed by atoms with van der Waals surface area (Å²) in [6.45, 7) is 2.93. The number of hydrogen-bond acceptors (Lipinski definition) is 8. The molecule has 3 N–H and O–H groups in total. The van der Waals surface area contributed by atoms with Crippen LogP contribution in [0.2, 0.25) is 0 Å². The normalized spacial score (nSPS) is 14.1. The highest BCUT2D eigenvalue weighted by atomic mass is 32.1. The second-order valence-corrected chi connectivity index (χ2v) is 8.01. The minimum Gasteiger partial charge on any atom is -0.378 e. The molecular formula is C21H21F3N6O2S. The Kier molecular flexibility index (Phi) is 6.65. The molecule has 4 rings (SSSR count). The largest absolute Gasteiger partial charge is 0.421 e. The number of carbonyl (C=O) groups is 1. The standard InChI is InChI=1S/C21H21F3N6O2S/c1-25-18(31)15-6-11-33-19(15)28-17-16(21(22,23)24)12-26-20(29-17)27-13-2-4-14(5-3-13)30-7-9-32-10-8-30/h2-6,11-12H,7-10H2,1H3,(H,25,31)(H2,26,27,28,29). The van der Waals surface area contributed by atoms with E-state index in [2.05, 4.69) is 30.8 Å². The van der Waals surface area contributed by atoms with Crippen molar-refractivity contribution >= 4 is 45.4 Å². The maximum absolute atomic E-state index is 13.6. The van der Waals surface area contributed by atoms with Crippen LogP contribution in [0.15, 0.2) is 41.9 Å². The molecular weight excluding hydrogens is 457 g/mol. The van der Waals surface area contributed by atoms with E-state index < -0.39 is 23.5 Å². The fraction of sp³-hybridized carbons (Fsp3) is 0.286. The Bertz CT molecular complexity index is 1110. The lowest BCUT2D eigenvalue weighted by Crippen LogP contribution is -2.36. The lowest BCUT2D eigenvalue weighted by Gasteiger charge is -2.28. The molecule has 1 aliphatic rings. The number of thiophene rings is 1. The number of halogens is 3. The Morgan fingerprint density at radius 3 is 2.52 bits per heavy atom. The van der Waals surface area contributed by atoms with Crippen molar-refractivity contribution in [3.8, 4) is 0 Å². The number of ether oxygens (including phenoxy) is 1. The smallest absolute Gasteiger partial charge is 0.378 e. The zero-order chi connectivity index (χ0) is 23.4. The van der Waals surface area contributed by atoms with Crippen molar-refractivity contribution in [2.75, 3.05) is 48.9 Å². The highest BCUT2D eigenvalue weighted by Gasteiger charge is 2.35. The van der Waals surface area contributed by atoms with Gasteiger partial charge in [0, 0.05) is 37.7 Å². The van der Waals surface area contributed by atoms with Gasteiger partial charge < -0.3 is 25.6 Å². The molecule has 0 unspecified atom stereocenters. The van der Waals surface area contributed by atoms with Gasteiger partial charge in [0.05, 0.1) is 18.8 Å². The number of hydrogen-bond donors (Lipinski definition) is 3. The maximum atomic E-state index is 13.6. The van der Waals surface area contributed by atoms with Gasteiger partial charge in [0.2, 0.25) is 5.95 Å². The quantitative estimate of drug-likeness (QED) is 0.488. The van der Waals surface area contributed by atoms with Gasteiger partial charge in [-0.25, -0.2) is 4.98 Å². The van der Waals surface area contributed by atoms with Gasteiger partial charge in [-0.2, -0.15) is 18.2 Å². The third-order valence-electron chi connectivity index (χ3n) is 4.96. The number of alkyl halides is 3. The van der Waals surface area contributed by atoms with Gasteiger partial charge in [-0.05, 0) is 35.7 Å². The van der Waals surface area contributed by atoms with Crippen LogP contribution in [0.1, 0.15) is 15.9 Å². The number of anilines is 5. The summed E-state index contributed by atoms with van der Waals surface area (Å²) in [5.41, 5.74) is 0.841. The van der Waals surface area contributed by atoms with Gasteiger partial charge in [0.25, 0.3) is 5.91 Å². The van der Waals surface area contributed by atoms with Crippen molar-refractivity contribution in [2.24, 2.45) is 0 Å². The fourth-order valence-corrected chi connectivity index (χ4v) is 4.06. The van der Waals surface area contributed by atoms with E-state index in [1.807, 2.05) is 24.3 Å². The first kappa shape index (κ1) is 22.8. The third-order valence-corrected chi connectivity index (χ3v) is 5.79. The van der Waals surface area contributed by atoms with Crippen LogP contribution in [0, 0.1) is 0 Å². The molecule has 0 spiro atoms. The molecule has 2 aromatic heterocycles. The Hall–Kier alpha value is -3.38. The number of nitrogens with one attached hydrogen (secondary N) is 3. The van der Waals surface area contributed by atoms with E-state index in [0.717, 1.165) is 30.1 Å². The van der Waals surface area contributed by atoms with Crippen LogP contribution >= 0.6 is 11.3 Å². The average Bonchev–Trinajstić information content (AvgIpc) is 3.27. The molecule has 12 heteroatoms. The summed E-state index contributed by atoms with van der Waals surface area (Å²) in [6, 6.07) is 8.97. The van der Waals surface area contributed by atoms with E-state index in [4.69, 9.17) is 4.74 Å². The molecule has 33 heavy (non-hydrogen) atoms. The maximum Gasteiger partial charge on any atom is 0.421 e. The summed E-state index contributed by atoms with van der Waals surface area (Å²) in [4.78, 5) is 22.1. The van der Waals surface area contributed by atoms with Gasteiger partial charge in [-0.3, -0.25) is 4.79 Å². The number of amides is 1. The summed E-state index contributed by atoms with van der Waals surface area (Å²) in [6.07, 6.45) is -3.96. The van der Waals surface area contributed by atoms with Crippen molar-refractivity contribution in [1.82, 2.24) is 15.3 Å². The molecule has 8 nitrogen and oxygen atoms in total. The molecule has 1 aromatic carbocycles. The fourth-order valence-electron chi connectivity index (χ4n) is 3.28. The molecule has 1 saturated heterocycles. The molecule has 0 atom stereocenters. The van der Waals surface area contributed by atoms with Crippen molar-refractivity contribution < 1.29 is 22.7 Å². The highest BCUT2D eigenvalue weighted by molar-refractivity contribution is 7.14. The van der Waals surface area contributed by atoms with Gasteiger partial charge in [-0.15, -0.1) is 11.3 Å². The van der Waals surface area contributed by atoms with Crippen molar-refractivity contribution in [1.29, 1.82) is 0 Å². The van der Waals surface area contributed by atoms with Gasteiger partial charge in [0.15, 0.2) is 0 Å². The molecule has 1 amide bonds. The molecule has 0 bridgehead atoms. The number of nitrogens with zero attached hydrogens (tertiary/aromatic N) is 3. The summed E-state index contributed by atoms with van der Waals surface area (Å²) in [7, 11) is 1.45. The van der Waals surface area contributed by atoms with Crippen LogP contribution in [-0.2, 0) is 10.9 Å². The van der Waals surface area contributed by atoms with Crippen LogP contribution in [0.5, 0.6) is 0 Å². The summed E-state index contributed by atoms with van der Waals surface area (Å²) < 4.78 is 46.0. The van der Waals surface area contributed by atoms with Gasteiger partial charge >= 0.3 is 6.18 Å². The van der Waals surface area contributed by atoms with Gasteiger partial charge in [0.1, 0.15) is 16.4 Å². The monoisotopic (exact) mass is 478 g/mol. The minimum absolute atomic E-state index is 0.0114. The van der Waals surface area contributed by atoms with Crippen LogP contribution in [-0.4, -0.2) is 49.2 Å². The van der Waals surface area contributed by atoms with Crippen molar-refractivity contribution in [2.45, 2.75) is 6.18 Å². The van der Waals surface area contributed by atoms with Crippen LogP contribution in [0.3, 0.4) is 0 Å². The predicted molar refractivity (Wildman–Crippen MR) is 121 cm³/mol. The summed E-state index contributed by atoms with van der Waals surface area (Å²) >= 11 is 1.10. The first-order valence-corrected chi connectivity index (χ1v) is 10.9. The predicted octanol–water partition coefficient (Wildman–Crippen LogP) is 4.24. The molecule has 0 aliphatic carbocycles.